The quantitative estimate of drug-likeness (QED) is 0.0981. The maximum Gasteiger partial charge on any atom is 0.252 e. The van der Waals surface area contributed by atoms with Gasteiger partial charge in [0.05, 0.1) is 11.1 Å². The van der Waals surface area contributed by atoms with E-state index in [0.717, 1.165) is 61.2 Å². The molecule has 9 nitrogen and oxygen atoms in total. The van der Waals surface area contributed by atoms with Crippen LogP contribution < -0.4 is 20.1 Å². The van der Waals surface area contributed by atoms with E-state index in [9.17, 15) is 14.7 Å². The van der Waals surface area contributed by atoms with Crippen LogP contribution >= 0.6 is 0 Å². The molecule has 0 radical (unpaired) electrons. The molecular weight excluding hydrogens is 725 g/mol. The summed E-state index contributed by atoms with van der Waals surface area (Å²) < 4.78 is 11.6. The normalized spacial score (nSPS) is 14.6. The number of amides is 2. The summed E-state index contributed by atoms with van der Waals surface area (Å²) in [5.74, 6) is 1.53. The molecule has 2 aliphatic carbocycles. The largest absolute Gasteiger partial charge is 0.508 e. The topological polar surface area (TPSA) is 103 Å². The number of hydrogen-bond acceptors (Lipinski definition) is 7. The SMILES string of the molecule is Cc1ccc(C2(NC(=O)c3cc(OCCN(C)C)ccc3C)CC2)c(-c2ccccc2)c1.Cc1ccc(OCCN(C)C)cc1C(=O)NC1(c2ccc(O)cc2)CC1. The van der Waals surface area contributed by atoms with Gasteiger partial charge in [-0.3, -0.25) is 9.59 Å². The van der Waals surface area contributed by atoms with Gasteiger partial charge in [-0.25, -0.2) is 0 Å². The molecule has 0 aliphatic heterocycles. The van der Waals surface area contributed by atoms with E-state index in [0.29, 0.717) is 30.1 Å². The van der Waals surface area contributed by atoms with Crippen LogP contribution in [0.4, 0.5) is 0 Å². The Balaban J connectivity index is 0.000000200. The number of hydrogen-bond donors (Lipinski definition) is 3. The summed E-state index contributed by atoms with van der Waals surface area (Å²) in [7, 11) is 8.02. The van der Waals surface area contributed by atoms with Gasteiger partial charge in [-0.1, -0.05) is 78.4 Å². The van der Waals surface area contributed by atoms with Crippen LogP contribution in [0.25, 0.3) is 11.1 Å². The lowest BCUT2D eigenvalue weighted by molar-refractivity contribution is 0.0921. The monoisotopic (exact) mass is 782 g/mol. The minimum absolute atomic E-state index is 0.0438. The highest BCUT2D eigenvalue weighted by atomic mass is 16.5. The van der Waals surface area contributed by atoms with Crippen LogP contribution in [0.15, 0.2) is 109 Å². The lowest BCUT2D eigenvalue weighted by Crippen LogP contribution is -2.35. The zero-order valence-corrected chi connectivity index (χ0v) is 35.0. The van der Waals surface area contributed by atoms with Gasteiger partial charge in [0.15, 0.2) is 0 Å². The number of aryl methyl sites for hydroxylation is 3. The number of aromatic hydroxyl groups is 1. The second-order valence-corrected chi connectivity index (χ2v) is 16.3. The molecule has 9 heteroatoms. The molecule has 0 heterocycles. The van der Waals surface area contributed by atoms with Gasteiger partial charge >= 0.3 is 0 Å². The van der Waals surface area contributed by atoms with Crippen LogP contribution in [0, 0.1) is 20.8 Å². The molecule has 58 heavy (non-hydrogen) atoms. The predicted molar refractivity (Wildman–Crippen MR) is 232 cm³/mol. The van der Waals surface area contributed by atoms with E-state index in [2.05, 4.69) is 69.8 Å². The Bertz CT molecular complexity index is 2190. The van der Waals surface area contributed by atoms with E-state index in [1.54, 1.807) is 12.1 Å². The van der Waals surface area contributed by atoms with Gasteiger partial charge in [-0.15, -0.1) is 0 Å². The van der Waals surface area contributed by atoms with Gasteiger partial charge in [0.25, 0.3) is 11.8 Å². The van der Waals surface area contributed by atoms with Crippen molar-refractivity contribution in [2.45, 2.75) is 57.5 Å². The third-order valence-corrected chi connectivity index (χ3v) is 10.9. The van der Waals surface area contributed by atoms with E-state index in [4.69, 9.17) is 9.47 Å². The first-order valence-corrected chi connectivity index (χ1v) is 20.1. The third kappa shape index (κ3) is 10.6. The zero-order chi connectivity index (χ0) is 41.5. The number of nitrogens with one attached hydrogen (secondary N) is 2. The van der Waals surface area contributed by atoms with E-state index in [-0.39, 0.29) is 28.6 Å². The van der Waals surface area contributed by atoms with Crippen molar-refractivity contribution >= 4 is 11.8 Å². The first kappa shape index (κ1) is 42.0. The molecule has 5 aromatic carbocycles. The summed E-state index contributed by atoms with van der Waals surface area (Å²) in [6.07, 6.45) is 3.70. The average Bonchev–Trinajstić information content (AvgIpc) is 4.14. The van der Waals surface area contributed by atoms with Crippen molar-refractivity contribution in [3.8, 4) is 28.4 Å². The molecule has 5 aromatic rings. The van der Waals surface area contributed by atoms with Crippen LogP contribution in [-0.4, -0.2) is 81.2 Å². The maximum absolute atomic E-state index is 13.4. The third-order valence-electron chi connectivity index (χ3n) is 10.9. The highest BCUT2D eigenvalue weighted by molar-refractivity contribution is 5.97. The van der Waals surface area contributed by atoms with Gasteiger partial charge in [-0.2, -0.15) is 0 Å². The van der Waals surface area contributed by atoms with Crippen molar-refractivity contribution in [3.05, 3.63) is 148 Å². The summed E-state index contributed by atoms with van der Waals surface area (Å²) in [4.78, 5) is 30.4. The van der Waals surface area contributed by atoms with Crippen LogP contribution in [0.5, 0.6) is 17.2 Å². The fourth-order valence-corrected chi connectivity index (χ4v) is 7.04. The minimum atomic E-state index is -0.320. The highest BCUT2D eigenvalue weighted by Gasteiger charge is 2.47. The van der Waals surface area contributed by atoms with E-state index in [1.807, 2.05) is 96.6 Å². The molecule has 304 valence electrons. The number of phenolic OH excluding ortho intramolecular Hbond substituents is 1. The molecule has 0 spiro atoms. The number of benzene rings is 5. The molecule has 0 aromatic heterocycles. The molecule has 2 aliphatic rings. The number of ether oxygens (including phenoxy) is 2. The first-order valence-electron chi connectivity index (χ1n) is 20.1. The average molecular weight is 783 g/mol. The molecule has 3 N–H and O–H groups in total. The number of nitrogens with zero attached hydrogens (tertiary/aromatic N) is 2. The van der Waals surface area contributed by atoms with Crippen molar-refractivity contribution in [2.24, 2.45) is 0 Å². The fraction of sp³-hybridized carbons (Fsp3) is 0.347. The number of rotatable bonds is 15. The molecule has 0 atom stereocenters. The Morgan fingerprint density at radius 2 is 1.12 bits per heavy atom. The Hall–Kier alpha value is -5.64. The van der Waals surface area contributed by atoms with Gasteiger partial charge in [-0.05, 0) is 144 Å². The smallest absolute Gasteiger partial charge is 0.252 e. The molecule has 2 saturated carbocycles. The zero-order valence-electron chi connectivity index (χ0n) is 35.0. The summed E-state index contributed by atoms with van der Waals surface area (Å²) in [6, 6.07) is 35.4. The van der Waals surface area contributed by atoms with Gasteiger partial charge in [0.2, 0.25) is 0 Å². The lowest BCUT2D eigenvalue weighted by atomic mass is 9.91. The number of carbonyl (C=O) groups excluding carboxylic acids is 2. The molecule has 0 saturated heterocycles. The second kappa shape index (κ2) is 18.3. The Labute approximate surface area is 344 Å². The molecule has 2 amide bonds. The molecular formula is C49H58N4O5. The summed E-state index contributed by atoms with van der Waals surface area (Å²) >= 11 is 0. The Morgan fingerprint density at radius 1 is 0.621 bits per heavy atom. The minimum Gasteiger partial charge on any atom is -0.508 e. The van der Waals surface area contributed by atoms with Crippen LogP contribution in [0.3, 0.4) is 0 Å². The van der Waals surface area contributed by atoms with Crippen LogP contribution in [-0.2, 0) is 11.1 Å². The van der Waals surface area contributed by atoms with Crippen LogP contribution in [0.1, 0.15) is 74.2 Å². The van der Waals surface area contributed by atoms with E-state index in [1.165, 1.54) is 22.3 Å². The first-order chi connectivity index (χ1) is 27.8. The summed E-state index contributed by atoms with van der Waals surface area (Å²) in [6.45, 7) is 8.82. The predicted octanol–water partition coefficient (Wildman–Crippen LogP) is 8.39. The second-order valence-electron chi connectivity index (χ2n) is 16.3. The maximum atomic E-state index is 13.4. The molecule has 2 fully saturated rings. The van der Waals surface area contributed by atoms with Gasteiger partial charge in [0, 0.05) is 24.2 Å². The summed E-state index contributed by atoms with van der Waals surface area (Å²) in [5, 5.41) is 16.0. The van der Waals surface area contributed by atoms with Crippen molar-refractivity contribution in [3.63, 3.8) is 0 Å². The van der Waals surface area contributed by atoms with Gasteiger partial charge in [0.1, 0.15) is 30.5 Å². The van der Waals surface area contributed by atoms with Crippen molar-refractivity contribution in [1.82, 2.24) is 20.4 Å². The van der Waals surface area contributed by atoms with E-state index >= 15 is 0 Å². The standard InChI is InChI=1S/C28H32N2O2.C21H26N2O3/c1-20-10-13-26(25(18-20)22-8-6-5-7-9-22)28(14-15-28)29-27(31)24-19-23(12-11-21(24)2)32-17-16-30(3)4;1-15-4-9-18(26-13-12-23(2)3)14-19(15)20(25)22-21(10-11-21)16-5-7-17(24)8-6-16/h5-13,18-19H,14-17H2,1-4H3,(H,29,31);4-9,14,24H,10-13H2,1-3H3,(H,22,25). The Kier molecular flexibility index (Phi) is 13.2. The number of carbonyl (C=O) groups is 2. The van der Waals surface area contributed by atoms with Crippen molar-refractivity contribution < 1.29 is 24.2 Å². The fourth-order valence-electron chi connectivity index (χ4n) is 7.04. The van der Waals surface area contributed by atoms with Crippen molar-refractivity contribution in [1.29, 1.82) is 0 Å². The number of likely N-dealkylation sites (N-methyl/N-ethyl adjacent to an activating group) is 2. The van der Waals surface area contributed by atoms with Crippen molar-refractivity contribution in [2.75, 3.05) is 54.5 Å². The Morgan fingerprint density at radius 3 is 1.60 bits per heavy atom. The van der Waals surface area contributed by atoms with Gasteiger partial charge < -0.3 is 35.0 Å². The molecule has 7 rings (SSSR count). The number of phenols is 1. The van der Waals surface area contributed by atoms with E-state index < -0.39 is 0 Å². The lowest BCUT2D eigenvalue weighted by Gasteiger charge is -2.23. The highest BCUT2D eigenvalue weighted by Crippen LogP contribution is 2.49. The molecule has 0 bridgehead atoms. The summed E-state index contributed by atoms with van der Waals surface area (Å²) in [5.41, 5.74) is 8.36. The molecule has 0 unspecified atom stereocenters. The van der Waals surface area contributed by atoms with Crippen LogP contribution in [0.2, 0.25) is 0 Å².